The highest BCUT2D eigenvalue weighted by Crippen LogP contribution is 2.34. The lowest BCUT2D eigenvalue weighted by Crippen LogP contribution is -2.36. The Labute approximate surface area is 139 Å². The minimum atomic E-state index is -0.409. The molecule has 0 spiro atoms. The first-order valence-corrected chi connectivity index (χ1v) is 8.60. The summed E-state index contributed by atoms with van der Waals surface area (Å²) in [7, 11) is 1.71. The molecule has 1 heterocycles. The summed E-state index contributed by atoms with van der Waals surface area (Å²) in [6.45, 7) is 1.59. The minimum absolute atomic E-state index is 0.409. The number of amides is 1. The molecule has 3 N–H and O–H groups in total. The Morgan fingerprint density at radius 2 is 2.30 bits per heavy atom. The van der Waals surface area contributed by atoms with Crippen LogP contribution in [0.4, 0.5) is 0 Å². The van der Waals surface area contributed by atoms with Crippen LogP contribution in [0, 0.1) is 0 Å². The third-order valence-electron chi connectivity index (χ3n) is 4.10. The molecule has 1 aliphatic carbocycles. The van der Waals surface area contributed by atoms with E-state index in [0.717, 1.165) is 48.7 Å². The second kappa shape index (κ2) is 7.21. The van der Waals surface area contributed by atoms with Crippen LogP contribution in [0.5, 0.6) is 0 Å². The number of aryl methyl sites for hydroxylation is 1. The molecule has 1 atom stereocenters. The molecule has 0 fully saturated rings. The number of primary amides is 1. The highest BCUT2D eigenvalue weighted by atomic mass is 32.1. The van der Waals surface area contributed by atoms with Crippen LogP contribution in [0.1, 0.15) is 27.3 Å². The van der Waals surface area contributed by atoms with Gasteiger partial charge in [-0.15, -0.1) is 11.3 Å². The molecular weight excluding hydrogens is 310 g/mol. The standard InChI is InChI=1S/C17H21N3O2S/c1-22-9-8-19-11-6-7-14-15(10-11)23-17(20-14)13-5-3-2-4-12(13)16(18)21/h2-5,11,19H,6-10H2,1H3,(H2,18,21)/t11-/m1/s1. The minimum Gasteiger partial charge on any atom is -0.383 e. The summed E-state index contributed by atoms with van der Waals surface area (Å²) in [6.07, 6.45) is 3.03. The van der Waals surface area contributed by atoms with Gasteiger partial charge >= 0.3 is 0 Å². The molecule has 122 valence electrons. The number of methoxy groups -OCH3 is 1. The number of benzene rings is 1. The number of hydrogen-bond donors (Lipinski definition) is 2. The molecule has 0 radical (unpaired) electrons. The quantitative estimate of drug-likeness (QED) is 0.794. The Bertz CT molecular complexity index is 699. The van der Waals surface area contributed by atoms with Crippen LogP contribution in [0.15, 0.2) is 24.3 Å². The molecule has 1 amide bonds. The predicted molar refractivity (Wildman–Crippen MR) is 91.8 cm³/mol. The monoisotopic (exact) mass is 331 g/mol. The van der Waals surface area contributed by atoms with Gasteiger partial charge in [-0.25, -0.2) is 4.98 Å². The number of nitrogens with one attached hydrogen (secondary N) is 1. The van der Waals surface area contributed by atoms with Crippen molar-refractivity contribution in [3.05, 3.63) is 40.4 Å². The largest absolute Gasteiger partial charge is 0.383 e. The van der Waals surface area contributed by atoms with Crippen molar-refractivity contribution in [3.63, 3.8) is 0 Å². The van der Waals surface area contributed by atoms with E-state index in [4.69, 9.17) is 15.5 Å². The maximum atomic E-state index is 11.6. The molecule has 0 saturated carbocycles. The molecule has 23 heavy (non-hydrogen) atoms. The number of thiazole rings is 1. The van der Waals surface area contributed by atoms with E-state index in [1.807, 2.05) is 18.2 Å². The number of nitrogens with two attached hydrogens (primary N) is 1. The van der Waals surface area contributed by atoms with Gasteiger partial charge in [-0.05, 0) is 25.3 Å². The number of ether oxygens (including phenoxy) is 1. The first-order chi connectivity index (χ1) is 11.2. The normalized spacial score (nSPS) is 17.0. The number of fused-ring (bicyclic) bond motifs is 1. The Balaban J connectivity index is 1.80. The van der Waals surface area contributed by atoms with Crippen LogP contribution in [0.25, 0.3) is 10.6 Å². The predicted octanol–water partition coefficient (Wildman–Crippen LogP) is 2.00. The van der Waals surface area contributed by atoms with Gasteiger partial charge < -0.3 is 15.8 Å². The fraction of sp³-hybridized carbons (Fsp3) is 0.412. The molecule has 1 aliphatic rings. The highest BCUT2D eigenvalue weighted by Gasteiger charge is 2.23. The SMILES string of the molecule is COCCN[C@@H]1CCc2nc(-c3ccccc3C(N)=O)sc2C1. The van der Waals surface area contributed by atoms with Gasteiger partial charge in [0, 0.05) is 35.7 Å². The Hall–Kier alpha value is -1.76. The van der Waals surface area contributed by atoms with Gasteiger partial charge in [-0.2, -0.15) is 0 Å². The van der Waals surface area contributed by atoms with E-state index < -0.39 is 5.91 Å². The van der Waals surface area contributed by atoms with Crippen molar-refractivity contribution in [2.75, 3.05) is 20.3 Å². The summed E-state index contributed by atoms with van der Waals surface area (Å²) in [4.78, 5) is 17.7. The first-order valence-electron chi connectivity index (χ1n) is 7.79. The van der Waals surface area contributed by atoms with Gasteiger partial charge in [-0.3, -0.25) is 4.79 Å². The number of carbonyl (C=O) groups excluding carboxylic acids is 1. The van der Waals surface area contributed by atoms with E-state index in [0.29, 0.717) is 11.6 Å². The zero-order valence-electron chi connectivity index (χ0n) is 13.2. The third-order valence-corrected chi connectivity index (χ3v) is 5.26. The Kier molecular flexibility index (Phi) is 5.05. The zero-order valence-corrected chi connectivity index (χ0v) is 14.0. The van der Waals surface area contributed by atoms with Crippen LogP contribution >= 0.6 is 11.3 Å². The van der Waals surface area contributed by atoms with E-state index >= 15 is 0 Å². The van der Waals surface area contributed by atoms with Gasteiger partial charge in [-0.1, -0.05) is 18.2 Å². The van der Waals surface area contributed by atoms with Gasteiger partial charge in [0.1, 0.15) is 5.01 Å². The van der Waals surface area contributed by atoms with Gasteiger partial charge in [0.05, 0.1) is 12.3 Å². The number of aromatic nitrogens is 1. The zero-order chi connectivity index (χ0) is 16.2. The molecule has 5 nitrogen and oxygen atoms in total. The van der Waals surface area contributed by atoms with Crippen molar-refractivity contribution in [2.45, 2.75) is 25.3 Å². The lowest BCUT2D eigenvalue weighted by atomic mass is 9.97. The van der Waals surface area contributed by atoms with Crippen molar-refractivity contribution in [2.24, 2.45) is 5.73 Å². The van der Waals surface area contributed by atoms with E-state index in [1.54, 1.807) is 24.5 Å². The Morgan fingerprint density at radius 1 is 1.48 bits per heavy atom. The topological polar surface area (TPSA) is 77.2 Å². The first kappa shape index (κ1) is 16.1. The number of rotatable bonds is 6. The molecule has 6 heteroatoms. The van der Waals surface area contributed by atoms with Crippen molar-refractivity contribution < 1.29 is 9.53 Å². The summed E-state index contributed by atoms with van der Waals surface area (Å²) >= 11 is 1.67. The molecule has 0 saturated heterocycles. The summed E-state index contributed by atoms with van der Waals surface area (Å²) in [5.41, 5.74) is 8.01. The van der Waals surface area contributed by atoms with Gasteiger partial charge in [0.2, 0.25) is 5.91 Å². The average Bonchev–Trinajstić information content (AvgIpc) is 2.98. The van der Waals surface area contributed by atoms with Gasteiger partial charge in [0.25, 0.3) is 0 Å². The van der Waals surface area contributed by atoms with E-state index in [-0.39, 0.29) is 0 Å². The molecule has 3 rings (SSSR count). The summed E-state index contributed by atoms with van der Waals surface area (Å²) in [5.74, 6) is -0.409. The van der Waals surface area contributed by atoms with Gasteiger partial charge in [0.15, 0.2) is 0 Å². The van der Waals surface area contributed by atoms with Crippen LogP contribution in [-0.2, 0) is 17.6 Å². The highest BCUT2D eigenvalue weighted by molar-refractivity contribution is 7.15. The molecule has 1 aromatic heterocycles. The summed E-state index contributed by atoms with van der Waals surface area (Å²) in [6, 6.07) is 7.88. The smallest absolute Gasteiger partial charge is 0.249 e. The van der Waals surface area contributed by atoms with Crippen molar-refractivity contribution >= 4 is 17.2 Å². The van der Waals surface area contributed by atoms with Crippen LogP contribution < -0.4 is 11.1 Å². The van der Waals surface area contributed by atoms with E-state index in [2.05, 4.69) is 5.32 Å². The van der Waals surface area contributed by atoms with E-state index in [9.17, 15) is 4.79 Å². The second-order valence-electron chi connectivity index (χ2n) is 5.69. The second-order valence-corrected chi connectivity index (χ2v) is 6.77. The lowest BCUT2D eigenvalue weighted by Gasteiger charge is -2.22. The lowest BCUT2D eigenvalue weighted by molar-refractivity contribution is 0.100. The summed E-state index contributed by atoms with van der Waals surface area (Å²) in [5, 5.41) is 4.41. The van der Waals surface area contributed by atoms with Crippen molar-refractivity contribution in [3.8, 4) is 10.6 Å². The van der Waals surface area contributed by atoms with Crippen molar-refractivity contribution in [1.82, 2.24) is 10.3 Å². The molecule has 2 aromatic rings. The number of nitrogens with zero attached hydrogens (tertiary/aromatic N) is 1. The number of carbonyl (C=O) groups is 1. The summed E-state index contributed by atoms with van der Waals surface area (Å²) < 4.78 is 5.08. The van der Waals surface area contributed by atoms with Crippen LogP contribution in [0.2, 0.25) is 0 Å². The maximum Gasteiger partial charge on any atom is 0.249 e. The molecular formula is C17H21N3O2S. The van der Waals surface area contributed by atoms with Crippen LogP contribution in [0.3, 0.4) is 0 Å². The molecule has 0 bridgehead atoms. The number of hydrogen-bond acceptors (Lipinski definition) is 5. The molecule has 0 unspecified atom stereocenters. The molecule has 1 aromatic carbocycles. The fourth-order valence-corrected chi connectivity index (χ4v) is 4.14. The maximum absolute atomic E-state index is 11.6. The van der Waals surface area contributed by atoms with Crippen molar-refractivity contribution in [1.29, 1.82) is 0 Å². The third kappa shape index (κ3) is 3.60. The Morgan fingerprint density at radius 3 is 3.09 bits per heavy atom. The fourth-order valence-electron chi connectivity index (χ4n) is 2.91. The van der Waals surface area contributed by atoms with E-state index in [1.165, 1.54) is 4.88 Å². The average molecular weight is 331 g/mol. The van der Waals surface area contributed by atoms with Crippen LogP contribution in [-0.4, -0.2) is 37.2 Å². The molecule has 0 aliphatic heterocycles.